The molecule has 0 bridgehead atoms. The Balaban J connectivity index is 0.00000300. The number of hydrogen-bond donors (Lipinski definition) is 3. The van der Waals surface area contributed by atoms with Crippen molar-refractivity contribution in [2.24, 2.45) is 0 Å². The lowest BCUT2D eigenvalue weighted by Gasteiger charge is -2.26. The lowest BCUT2D eigenvalue weighted by atomic mass is 10.0. The number of para-hydroxylation sites is 1. The number of ether oxygens (including phenoxy) is 1. The zero-order valence-corrected chi connectivity index (χ0v) is 17.3. The van der Waals surface area contributed by atoms with E-state index in [-0.39, 0.29) is 24.7 Å². The molecule has 1 unspecified atom stereocenters. The highest BCUT2D eigenvalue weighted by atomic mass is 35.5. The normalized spacial score (nSPS) is 13.3. The van der Waals surface area contributed by atoms with Crippen LogP contribution in [0, 0.1) is 0 Å². The quantitative estimate of drug-likeness (QED) is 0.646. The molecular formula is C21H26ClN3O4. The molecule has 29 heavy (non-hydrogen) atoms. The summed E-state index contributed by atoms with van der Waals surface area (Å²) in [5.41, 5.74) is 4.28. The Morgan fingerprint density at radius 1 is 1.14 bits per heavy atom. The number of anilines is 3. The third-order valence-corrected chi connectivity index (χ3v) is 4.68. The maximum Gasteiger partial charge on any atom is 0.411 e. The molecule has 1 heterocycles. The van der Waals surface area contributed by atoms with Crippen molar-refractivity contribution in [3.8, 4) is 0 Å². The Morgan fingerprint density at radius 3 is 2.52 bits per heavy atom. The molecule has 0 saturated carbocycles. The molecule has 0 fully saturated rings. The first-order chi connectivity index (χ1) is 13.5. The largest absolute Gasteiger partial charge is 0.453 e. The first-order valence-corrected chi connectivity index (χ1v) is 9.30. The highest BCUT2D eigenvalue weighted by molar-refractivity contribution is 6.03. The third-order valence-electron chi connectivity index (χ3n) is 4.68. The van der Waals surface area contributed by atoms with E-state index in [4.69, 9.17) is 0 Å². The monoisotopic (exact) mass is 419 g/mol. The predicted molar refractivity (Wildman–Crippen MR) is 115 cm³/mol. The van der Waals surface area contributed by atoms with Gasteiger partial charge < -0.3 is 9.84 Å². The number of halogens is 1. The van der Waals surface area contributed by atoms with Gasteiger partial charge in [-0.2, -0.15) is 0 Å². The van der Waals surface area contributed by atoms with E-state index in [1.54, 1.807) is 17.9 Å². The molecule has 3 N–H and O–H groups in total. The number of aliphatic hydroxyl groups is 1. The van der Waals surface area contributed by atoms with Crippen molar-refractivity contribution < 1.29 is 19.4 Å². The minimum Gasteiger partial charge on any atom is -0.453 e. The Kier molecular flexibility index (Phi) is 8.01. The van der Waals surface area contributed by atoms with Gasteiger partial charge in [-0.3, -0.25) is 20.3 Å². The van der Waals surface area contributed by atoms with Crippen molar-refractivity contribution in [1.29, 1.82) is 0 Å². The van der Waals surface area contributed by atoms with Crippen LogP contribution in [0.5, 0.6) is 0 Å². The number of carbonyl (C=O) groups is 2. The summed E-state index contributed by atoms with van der Waals surface area (Å²) in [5, 5.41) is 14.9. The van der Waals surface area contributed by atoms with E-state index in [1.165, 1.54) is 7.11 Å². The van der Waals surface area contributed by atoms with Crippen molar-refractivity contribution in [2.75, 3.05) is 23.9 Å². The second-order valence-electron chi connectivity index (χ2n) is 6.70. The summed E-state index contributed by atoms with van der Waals surface area (Å²) < 4.78 is 4.67. The van der Waals surface area contributed by atoms with Gasteiger partial charge in [0.1, 0.15) is 6.23 Å². The first kappa shape index (κ1) is 22.7. The molecule has 1 aliphatic rings. The second kappa shape index (κ2) is 10.2. The van der Waals surface area contributed by atoms with Gasteiger partial charge in [0.05, 0.1) is 18.5 Å². The number of nitrogens with zero attached hydrogens (tertiary/aromatic N) is 1. The maximum atomic E-state index is 13.1. The molecule has 3 rings (SSSR count). The van der Waals surface area contributed by atoms with Crippen LogP contribution >= 0.6 is 12.4 Å². The highest BCUT2D eigenvalue weighted by Crippen LogP contribution is 2.38. The molecule has 2 aromatic carbocycles. The average Bonchev–Trinajstić information content (AvgIpc) is 2.84. The van der Waals surface area contributed by atoms with Crippen molar-refractivity contribution >= 4 is 41.5 Å². The fourth-order valence-electron chi connectivity index (χ4n) is 3.34. The summed E-state index contributed by atoms with van der Waals surface area (Å²) in [6, 6.07) is 13.4. The van der Waals surface area contributed by atoms with Crippen LogP contribution in [0.25, 0.3) is 0 Å². The van der Waals surface area contributed by atoms with Gasteiger partial charge >= 0.3 is 6.09 Å². The van der Waals surface area contributed by atoms with Crippen LogP contribution in [-0.2, 0) is 22.4 Å². The fourth-order valence-corrected chi connectivity index (χ4v) is 3.34. The van der Waals surface area contributed by atoms with Crippen LogP contribution in [0.15, 0.2) is 42.5 Å². The molecule has 1 aliphatic heterocycles. The number of methoxy groups -OCH3 is 1. The van der Waals surface area contributed by atoms with Crippen LogP contribution in [-0.4, -0.2) is 37.0 Å². The van der Waals surface area contributed by atoms with Gasteiger partial charge in [-0.05, 0) is 49.1 Å². The van der Waals surface area contributed by atoms with Crippen LogP contribution in [0.3, 0.4) is 0 Å². The van der Waals surface area contributed by atoms with Gasteiger partial charge in [0.25, 0.3) is 0 Å². The summed E-state index contributed by atoms with van der Waals surface area (Å²) in [6.07, 6.45) is 0.608. The van der Waals surface area contributed by atoms with E-state index in [1.807, 2.05) is 36.4 Å². The van der Waals surface area contributed by atoms with Gasteiger partial charge in [0.2, 0.25) is 5.91 Å². The van der Waals surface area contributed by atoms with E-state index in [0.29, 0.717) is 12.2 Å². The average molecular weight is 420 g/mol. The molecule has 2 amide bonds. The standard InChI is InChI=1S/C21H25N3O4.ClH/c1-14(25)22-12-11-20(26)24-18-6-4-3-5-15(18)7-8-16-9-10-17(13-19(16)24)23-21(27)28-2;/h3-6,9-10,13-14,22,25H,7-8,11-12H2,1-2H3,(H,23,27);1H. The molecule has 0 aliphatic carbocycles. The number of amides is 2. The zero-order chi connectivity index (χ0) is 20.1. The summed E-state index contributed by atoms with van der Waals surface area (Å²) in [4.78, 5) is 26.4. The Labute approximate surface area is 176 Å². The molecule has 7 nitrogen and oxygen atoms in total. The number of aliphatic hydroxyl groups excluding tert-OH is 1. The van der Waals surface area contributed by atoms with Gasteiger partial charge in [-0.25, -0.2) is 4.79 Å². The third kappa shape index (κ3) is 5.47. The van der Waals surface area contributed by atoms with Gasteiger partial charge in [-0.1, -0.05) is 24.3 Å². The molecule has 8 heteroatoms. The smallest absolute Gasteiger partial charge is 0.411 e. The fraction of sp³-hybridized carbons (Fsp3) is 0.333. The molecule has 0 saturated heterocycles. The van der Waals surface area contributed by atoms with Gasteiger partial charge in [-0.15, -0.1) is 12.4 Å². The maximum absolute atomic E-state index is 13.1. The van der Waals surface area contributed by atoms with E-state index in [9.17, 15) is 14.7 Å². The zero-order valence-electron chi connectivity index (χ0n) is 16.5. The van der Waals surface area contributed by atoms with Crippen LogP contribution in [0.4, 0.5) is 21.9 Å². The van der Waals surface area contributed by atoms with Crippen LogP contribution < -0.4 is 15.5 Å². The lowest BCUT2D eigenvalue weighted by molar-refractivity contribution is -0.117. The van der Waals surface area contributed by atoms with Crippen molar-refractivity contribution in [3.05, 3.63) is 53.6 Å². The number of hydrogen-bond acceptors (Lipinski definition) is 5. The van der Waals surface area contributed by atoms with Crippen molar-refractivity contribution in [1.82, 2.24) is 5.32 Å². The number of aryl methyl sites for hydroxylation is 2. The Bertz CT molecular complexity index is 873. The number of rotatable bonds is 5. The number of nitrogens with one attached hydrogen (secondary N) is 2. The van der Waals surface area contributed by atoms with Crippen LogP contribution in [0.2, 0.25) is 0 Å². The van der Waals surface area contributed by atoms with Crippen LogP contribution in [0.1, 0.15) is 24.5 Å². The molecular weight excluding hydrogens is 394 g/mol. The molecule has 1 atom stereocenters. The Morgan fingerprint density at radius 2 is 1.83 bits per heavy atom. The van der Waals surface area contributed by atoms with E-state index < -0.39 is 12.3 Å². The van der Waals surface area contributed by atoms with Gasteiger partial charge in [0.15, 0.2) is 0 Å². The lowest BCUT2D eigenvalue weighted by Crippen LogP contribution is -2.33. The highest BCUT2D eigenvalue weighted by Gasteiger charge is 2.26. The number of benzene rings is 2. The summed E-state index contributed by atoms with van der Waals surface area (Å²) in [6.45, 7) is 1.98. The summed E-state index contributed by atoms with van der Waals surface area (Å²) in [5.74, 6) is -0.0843. The molecule has 0 radical (unpaired) electrons. The summed E-state index contributed by atoms with van der Waals surface area (Å²) in [7, 11) is 1.31. The number of carbonyl (C=O) groups excluding carboxylic acids is 2. The molecule has 156 valence electrons. The number of fused-ring (bicyclic) bond motifs is 2. The molecule has 0 aromatic heterocycles. The summed E-state index contributed by atoms with van der Waals surface area (Å²) >= 11 is 0. The predicted octanol–water partition coefficient (Wildman–Crippen LogP) is 3.37. The van der Waals surface area contributed by atoms with E-state index in [2.05, 4.69) is 15.4 Å². The minimum atomic E-state index is -0.674. The first-order valence-electron chi connectivity index (χ1n) is 9.30. The van der Waals surface area contributed by atoms with Gasteiger partial charge in [0, 0.05) is 18.7 Å². The van der Waals surface area contributed by atoms with E-state index in [0.717, 1.165) is 35.3 Å². The molecule has 0 spiro atoms. The SMILES string of the molecule is COC(=O)Nc1ccc2c(c1)N(C(=O)CCNC(C)O)c1ccccc1CC2.Cl. The second-order valence-corrected chi connectivity index (χ2v) is 6.70. The van der Waals surface area contributed by atoms with Crippen molar-refractivity contribution in [2.45, 2.75) is 32.4 Å². The van der Waals surface area contributed by atoms with Crippen molar-refractivity contribution in [3.63, 3.8) is 0 Å². The molecule has 2 aromatic rings. The Hall–Kier alpha value is -2.61. The minimum absolute atomic E-state index is 0. The topological polar surface area (TPSA) is 90.9 Å². The van der Waals surface area contributed by atoms with E-state index >= 15 is 0 Å².